The van der Waals surface area contributed by atoms with Crippen molar-refractivity contribution in [3.8, 4) is 6.07 Å². The van der Waals surface area contributed by atoms with Gasteiger partial charge in [-0.2, -0.15) is 5.26 Å². The van der Waals surface area contributed by atoms with E-state index < -0.39 is 5.60 Å². The van der Waals surface area contributed by atoms with E-state index in [1.165, 1.54) is 25.7 Å². The molecule has 1 amide bonds. The molecule has 0 aromatic heterocycles. The molecule has 1 aromatic carbocycles. The van der Waals surface area contributed by atoms with Gasteiger partial charge < -0.3 is 10.1 Å². The van der Waals surface area contributed by atoms with Crippen LogP contribution in [0.5, 0.6) is 0 Å². The average molecular weight is 336 g/mol. The molecule has 3 saturated carbocycles. The second kappa shape index (κ2) is 5.08. The van der Waals surface area contributed by atoms with E-state index in [-0.39, 0.29) is 11.8 Å². The number of nitriles is 1. The first kappa shape index (κ1) is 15.4. The summed E-state index contributed by atoms with van der Waals surface area (Å²) in [4.78, 5) is 12.6. The summed E-state index contributed by atoms with van der Waals surface area (Å²) in [5.41, 5.74) is 2.38. The van der Waals surface area contributed by atoms with Crippen LogP contribution in [-0.4, -0.2) is 19.1 Å². The molecule has 1 aliphatic heterocycles. The van der Waals surface area contributed by atoms with Crippen molar-refractivity contribution in [1.29, 1.82) is 5.26 Å². The molecule has 5 rings (SSSR count). The standard InChI is InChI=1S/C21H24N2O2/c22-12-15-3-1-4-17(9-15)21(7-8-25-21)14-23-18(24)16-10-20(11-16)13-19(20)5-2-6-19/h1,3-4,9,16H,2,5-8,10-11,13-14H2,(H,23,24)/t16?,20?,21-/m1/s1. The van der Waals surface area contributed by atoms with Crippen molar-refractivity contribution in [3.63, 3.8) is 0 Å². The Morgan fingerprint density at radius 3 is 2.64 bits per heavy atom. The number of carbonyl (C=O) groups excluding carboxylic acids is 1. The van der Waals surface area contributed by atoms with Crippen LogP contribution in [0.3, 0.4) is 0 Å². The molecule has 130 valence electrons. The summed E-state index contributed by atoms with van der Waals surface area (Å²) >= 11 is 0. The molecule has 1 atom stereocenters. The third-order valence-corrected chi connectivity index (χ3v) is 7.58. The Labute approximate surface area is 148 Å². The van der Waals surface area contributed by atoms with Gasteiger partial charge in [-0.3, -0.25) is 4.79 Å². The molecule has 4 fully saturated rings. The first-order chi connectivity index (χ1) is 12.1. The van der Waals surface area contributed by atoms with E-state index in [9.17, 15) is 4.79 Å². The van der Waals surface area contributed by atoms with E-state index in [4.69, 9.17) is 10.00 Å². The minimum absolute atomic E-state index is 0.193. The third-order valence-electron chi connectivity index (χ3n) is 7.58. The summed E-state index contributed by atoms with van der Waals surface area (Å²) in [5, 5.41) is 12.3. The molecule has 2 spiro atoms. The highest BCUT2D eigenvalue weighted by Gasteiger charge is 2.73. The van der Waals surface area contributed by atoms with Crippen molar-refractivity contribution in [2.75, 3.05) is 13.2 Å². The van der Waals surface area contributed by atoms with Crippen molar-refractivity contribution in [2.45, 2.75) is 50.5 Å². The van der Waals surface area contributed by atoms with Crippen LogP contribution in [0.2, 0.25) is 0 Å². The lowest BCUT2D eigenvalue weighted by Gasteiger charge is -2.45. The number of nitrogens with one attached hydrogen (secondary N) is 1. The second-order valence-corrected chi connectivity index (χ2v) is 8.70. The van der Waals surface area contributed by atoms with Gasteiger partial charge in [-0.05, 0) is 60.6 Å². The van der Waals surface area contributed by atoms with Crippen molar-refractivity contribution in [2.24, 2.45) is 16.7 Å². The van der Waals surface area contributed by atoms with Gasteiger partial charge in [-0.15, -0.1) is 0 Å². The summed E-state index contributed by atoms with van der Waals surface area (Å²) in [7, 11) is 0. The van der Waals surface area contributed by atoms with Crippen LogP contribution in [0, 0.1) is 28.1 Å². The minimum atomic E-state index is -0.446. The number of fused-ring (bicyclic) bond motifs is 1. The average Bonchev–Trinajstić information content (AvgIpc) is 3.24. The van der Waals surface area contributed by atoms with E-state index in [1.54, 1.807) is 6.07 Å². The first-order valence-electron chi connectivity index (χ1n) is 9.53. The van der Waals surface area contributed by atoms with E-state index >= 15 is 0 Å². The molecule has 25 heavy (non-hydrogen) atoms. The smallest absolute Gasteiger partial charge is 0.223 e. The zero-order valence-corrected chi connectivity index (χ0v) is 14.5. The van der Waals surface area contributed by atoms with Gasteiger partial charge in [0.1, 0.15) is 5.60 Å². The van der Waals surface area contributed by atoms with Crippen LogP contribution in [0.4, 0.5) is 0 Å². The molecule has 0 unspecified atom stereocenters. The molecular formula is C21H24N2O2. The van der Waals surface area contributed by atoms with E-state index in [0.29, 0.717) is 29.5 Å². The zero-order chi connectivity index (χ0) is 17.1. The maximum atomic E-state index is 12.6. The molecule has 4 aliphatic rings. The fourth-order valence-electron chi connectivity index (χ4n) is 5.62. The monoisotopic (exact) mass is 336 g/mol. The van der Waals surface area contributed by atoms with Crippen LogP contribution >= 0.6 is 0 Å². The summed E-state index contributed by atoms with van der Waals surface area (Å²) < 4.78 is 5.87. The number of ether oxygens (including phenoxy) is 1. The Morgan fingerprint density at radius 1 is 1.28 bits per heavy atom. The fraction of sp³-hybridized carbons (Fsp3) is 0.619. The van der Waals surface area contributed by atoms with Gasteiger partial charge in [-0.1, -0.05) is 18.6 Å². The van der Waals surface area contributed by atoms with Gasteiger partial charge in [0.25, 0.3) is 0 Å². The van der Waals surface area contributed by atoms with Gasteiger partial charge in [0.2, 0.25) is 5.91 Å². The topological polar surface area (TPSA) is 62.1 Å². The number of hydrogen-bond donors (Lipinski definition) is 1. The quantitative estimate of drug-likeness (QED) is 0.918. The summed E-state index contributed by atoms with van der Waals surface area (Å²) in [6, 6.07) is 9.75. The first-order valence-corrected chi connectivity index (χ1v) is 9.53. The van der Waals surface area contributed by atoms with Gasteiger partial charge >= 0.3 is 0 Å². The molecular weight excluding hydrogens is 312 g/mol. The van der Waals surface area contributed by atoms with Crippen LogP contribution in [0.15, 0.2) is 24.3 Å². The van der Waals surface area contributed by atoms with Crippen LogP contribution in [0.1, 0.15) is 56.1 Å². The fourth-order valence-corrected chi connectivity index (χ4v) is 5.62. The highest BCUT2D eigenvalue weighted by Crippen LogP contribution is 2.82. The predicted molar refractivity (Wildman–Crippen MR) is 92.5 cm³/mol. The highest BCUT2D eigenvalue weighted by molar-refractivity contribution is 5.80. The number of carbonyl (C=O) groups is 1. The van der Waals surface area contributed by atoms with Crippen molar-refractivity contribution in [3.05, 3.63) is 35.4 Å². The Bertz CT molecular complexity index is 764. The van der Waals surface area contributed by atoms with Gasteiger partial charge in [0.05, 0.1) is 24.8 Å². The number of benzene rings is 1. The molecule has 3 aliphatic carbocycles. The maximum Gasteiger partial charge on any atom is 0.223 e. The predicted octanol–water partition coefficient (Wildman–Crippen LogP) is 3.26. The van der Waals surface area contributed by atoms with Crippen LogP contribution in [-0.2, 0) is 15.1 Å². The number of hydrogen-bond acceptors (Lipinski definition) is 3. The Kier molecular flexibility index (Phi) is 3.13. The third kappa shape index (κ3) is 2.12. The van der Waals surface area contributed by atoms with E-state index in [1.807, 2.05) is 18.2 Å². The Morgan fingerprint density at radius 2 is 2.08 bits per heavy atom. The maximum absolute atomic E-state index is 12.6. The summed E-state index contributed by atoms with van der Waals surface area (Å²) in [6.45, 7) is 1.22. The number of rotatable bonds is 4. The Balaban J connectivity index is 1.20. The SMILES string of the molecule is N#Cc1cccc([C@]2(CNC(=O)C3CC4(C3)CC43CCC3)CCO2)c1. The second-order valence-electron chi connectivity index (χ2n) is 8.70. The largest absolute Gasteiger partial charge is 0.368 e. The van der Waals surface area contributed by atoms with Crippen molar-refractivity contribution < 1.29 is 9.53 Å². The molecule has 1 saturated heterocycles. The van der Waals surface area contributed by atoms with Crippen molar-refractivity contribution in [1.82, 2.24) is 5.32 Å². The van der Waals surface area contributed by atoms with Gasteiger partial charge in [0.15, 0.2) is 0 Å². The van der Waals surface area contributed by atoms with Gasteiger partial charge in [-0.25, -0.2) is 0 Å². The van der Waals surface area contributed by atoms with Crippen LogP contribution in [0.25, 0.3) is 0 Å². The molecule has 1 N–H and O–H groups in total. The van der Waals surface area contributed by atoms with Crippen LogP contribution < -0.4 is 5.32 Å². The lowest BCUT2D eigenvalue weighted by Crippen LogP contribution is -2.52. The molecule has 1 heterocycles. The number of amides is 1. The summed E-state index contributed by atoms with van der Waals surface area (Å²) in [6.07, 6.45) is 8.63. The zero-order valence-electron chi connectivity index (χ0n) is 14.5. The minimum Gasteiger partial charge on any atom is -0.368 e. The normalized spacial score (nSPS) is 36.7. The molecule has 4 nitrogen and oxygen atoms in total. The lowest BCUT2D eigenvalue weighted by atomic mass is 9.62. The molecule has 0 bridgehead atoms. The van der Waals surface area contributed by atoms with Gasteiger partial charge in [0, 0.05) is 12.3 Å². The van der Waals surface area contributed by atoms with E-state index in [0.717, 1.165) is 24.8 Å². The number of nitrogens with zero attached hydrogens (tertiary/aromatic N) is 1. The lowest BCUT2D eigenvalue weighted by molar-refractivity contribution is -0.157. The van der Waals surface area contributed by atoms with E-state index in [2.05, 4.69) is 11.4 Å². The molecule has 0 radical (unpaired) electrons. The molecule has 1 aromatic rings. The highest BCUT2D eigenvalue weighted by atomic mass is 16.5. The Hall–Kier alpha value is -1.86. The van der Waals surface area contributed by atoms with Crippen molar-refractivity contribution >= 4 is 5.91 Å². The summed E-state index contributed by atoms with van der Waals surface area (Å²) in [5.74, 6) is 0.390. The molecule has 4 heteroatoms.